The van der Waals surface area contributed by atoms with Gasteiger partial charge in [0.15, 0.2) is 0 Å². The van der Waals surface area contributed by atoms with E-state index in [9.17, 15) is 18.7 Å². The molecule has 2 aromatic heterocycles. The summed E-state index contributed by atoms with van der Waals surface area (Å²) in [5.74, 6) is -0.445. The highest BCUT2D eigenvalue weighted by Gasteiger charge is 2.33. The van der Waals surface area contributed by atoms with Gasteiger partial charge in [-0.25, -0.2) is 23.7 Å². The summed E-state index contributed by atoms with van der Waals surface area (Å²) in [6.07, 6.45) is 4.31. The average Bonchev–Trinajstić information content (AvgIpc) is 2.85. The number of piperidine rings is 1. The van der Waals surface area contributed by atoms with Crippen LogP contribution in [0.1, 0.15) is 53.9 Å². The molecule has 4 rings (SSSR count). The van der Waals surface area contributed by atoms with Crippen LogP contribution >= 0.6 is 0 Å². The molecule has 0 radical (unpaired) electrons. The van der Waals surface area contributed by atoms with Gasteiger partial charge in [-0.2, -0.15) is 0 Å². The molecule has 1 fully saturated rings. The third kappa shape index (κ3) is 5.84. The lowest BCUT2D eigenvalue weighted by atomic mass is 9.85. The number of nitrogens with one attached hydrogen (secondary N) is 1. The maximum absolute atomic E-state index is 14.0. The Hall–Kier alpha value is -3.46. The predicted molar refractivity (Wildman–Crippen MR) is 132 cm³/mol. The van der Waals surface area contributed by atoms with Crippen molar-refractivity contribution in [3.05, 3.63) is 82.6 Å². The molecule has 0 spiro atoms. The molecule has 0 bridgehead atoms. The minimum Gasteiger partial charge on any atom is -0.383 e. The van der Waals surface area contributed by atoms with Crippen molar-refractivity contribution < 1.29 is 18.7 Å². The zero-order valence-corrected chi connectivity index (χ0v) is 20.8. The Morgan fingerprint density at radius 2 is 1.86 bits per heavy atom. The van der Waals surface area contributed by atoms with E-state index in [4.69, 9.17) is 0 Å². The number of carbonyl (C=O) groups excluding carboxylic acids is 1. The van der Waals surface area contributed by atoms with E-state index in [2.05, 4.69) is 20.3 Å². The van der Waals surface area contributed by atoms with E-state index in [0.29, 0.717) is 43.1 Å². The molecule has 3 heterocycles. The normalized spacial score (nSPS) is 16.0. The van der Waals surface area contributed by atoms with Crippen molar-refractivity contribution in [2.24, 2.45) is 0 Å². The van der Waals surface area contributed by atoms with Gasteiger partial charge >= 0.3 is 0 Å². The fourth-order valence-electron chi connectivity index (χ4n) is 4.57. The number of hydrogen-bond acceptors (Lipinski definition) is 6. The minimum atomic E-state index is -1.26. The average molecular weight is 496 g/mol. The first-order valence-electron chi connectivity index (χ1n) is 12.1. The molecular formula is C27H31F2N5O2. The monoisotopic (exact) mass is 495 g/mol. The summed E-state index contributed by atoms with van der Waals surface area (Å²) in [4.78, 5) is 27.7. The lowest BCUT2D eigenvalue weighted by Crippen LogP contribution is -2.40. The molecule has 1 unspecified atom stereocenters. The molecule has 1 saturated heterocycles. The molecule has 1 atom stereocenters. The number of aliphatic hydroxyl groups is 1. The van der Waals surface area contributed by atoms with Crippen molar-refractivity contribution in [1.82, 2.24) is 19.9 Å². The molecule has 0 aliphatic carbocycles. The van der Waals surface area contributed by atoms with Crippen molar-refractivity contribution in [3.8, 4) is 0 Å². The Bertz CT molecular complexity index is 1220. The van der Waals surface area contributed by atoms with Crippen molar-refractivity contribution in [2.45, 2.75) is 51.6 Å². The molecule has 0 saturated carbocycles. The van der Waals surface area contributed by atoms with Crippen LogP contribution in [0.3, 0.4) is 0 Å². The number of benzene rings is 1. The zero-order valence-electron chi connectivity index (χ0n) is 20.8. The number of anilines is 1. The van der Waals surface area contributed by atoms with Crippen LogP contribution in [0.4, 0.5) is 14.6 Å². The number of rotatable bonds is 7. The van der Waals surface area contributed by atoms with E-state index in [1.54, 1.807) is 31.1 Å². The van der Waals surface area contributed by atoms with Crippen LogP contribution in [0, 0.1) is 25.5 Å². The Morgan fingerprint density at radius 1 is 1.17 bits per heavy atom. The zero-order chi connectivity index (χ0) is 25.9. The van der Waals surface area contributed by atoms with Crippen molar-refractivity contribution in [2.75, 3.05) is 25.0 Å². The Labute approximate surface area is 209 Å². The second-order valence-corrected chi connectivity index (χ2v) is 9.59. The maximum Gasteiger partial charge on any atom is 0.227 e. The van der Waals surface area contributed by atoms with Crippen LogP contribution in [0.2, 0.25) is 0 Å². The first-order valence-corrected chi connectivity index (χ1v) is 12.1. The third-order valence-electron chi connectivity index (χ3n) is 6.67. The lowest BCUT2D eigenvalue weighted by molar-refractivity contribution is -0.131. The van der Waals surface area contributed by atoms with Gasteiger partial charge in [-0.15, -0.1) is 0 Å². The van der Waals surface area contributed by atoms with Crippen molar-refractivity contribution in [3.63, 3.8) is 0 Å². The van der Waals surface area contributed by atoms with E-state index in [-0.39, 0.29) is 30.4 Å². The minimum absolute atomic E-state index is 0.0134. The topological polar surface area (TPSA) is 91.2 Å². The van der Waals surface area contributed by atoms with E-state index >= 15 is 0 Å². The summed E-state index contributed by atoms with van der Waals surface area (Å²) in [7, 11) is 0. The van der Waals surface area contributed by atoms with Crippen LogP contribution in [0.15, 0.2) is 42.7 Å². The van der Waals surface area contributed by atoms with Crippen LogP contribution in [-0.4, -0.2) is 50.5 Å². The molecule has 7 nitrogen and oxygen atoms in total. The molecular weight excluding hydrogens is 464 g/mol. The highest BCUT2D eigenvalue weighted by molar-refractivity contribution is 5.79. The first-order chi connectivity index (χ1) is 17.1. The number of likely N-dealkylation sites (tertiary alicyclic amines) is 1. The molecule has 1 aliphatic heterocycles. The number of amides is 1. The van der Waals surface area contributed by atoms with E-state index in [0.717, 1.165) is 23.4 Å². The fraction of sp³-hybridized carbons (Fsp3) is 0.407. The van der Waals surface area contributed by atoms with Gasteiger partial charge in [-0.3, -0.25) is 4.79 Å². The first kappa shape index (κ1) is 25.6. The summed E-state index contributed by atoms with van der Waals surface area (Å²) >= 11 is 0. The van der Waals surface area contributed by atoms with Gasteiger partial charge < -0.3 is 15.3 Å². The number of nitrogens with zero attached hydrogens (tertiary/aromatic N) is 4. The highest BCUT2D eigenvalue weighted by atomic mass is 19.1. The summed E-state index contributed by atoms with van der Waals surface area (Å²) in [6, 6.07) is 7.41. The van der Waals surface area contributed by atoms with Gasteiger partial charge in [0.1, 0.15) is 28.9 Å². The Morgan fingerprint density at radius 3 is 2.53 bits per heavy atom. The van der Waals surface area contributed by atoms with Gasteiger partial charge in [-0.1, -0.05) is 6.07 Å². The summed E-state index contributed by atoms with van der Waals surface area (Å²) in [6.45, 7) is 6.59. The predicted octanol–water partition coefficient (Wildman–Crippen LogP) is 4.03. The van der Waals surface area contributed by atoms with E-state index in [1.807, 2.05) is 19.1 Å². The molecule has 9 heteroatoms. The highest BCUT2D eigenvalue weighted by Crippen LogP contribution is 2.34. The number of aryl methyl sites for hydroxylation is 2. The van der Waals surface area contributed by atoms with Gasteiger partial charge in [0, 0.05) is 49.1 Å². The molecule has 1 amide bonds. The van der Waals surface area contributed by atoms with Gasteiger partial charge in [0.2, 0.25) is 5.91 Å². The van der Waals surface area contributed by atoms with Crippen LogP contribution in [0.25, 0.3) is 0 Å². The standard InChI is InChI=1S/C27H31F2N5O2/c1-17-7-10-30-24(13-17)32-16-27(3,36)21-15-31-18(2)33-26(21)19-8-11-34(12-9-19)25(35)14-20-22(28)5-4-6-23(20)29/h4-7,10,13,15,19,36H,8-9,11-12,14,16H2,1-3H3,(H,30,32). The summed E-state index contributed by atoms with van der Waals surface area (Å²) in [5.41, 5.74) is 0.991. The maximum atomic E-state index is 14.0. The second-order valence-electron chi connectivity index (χ2n) is 9.59. The Balaban J connectivity index is 1.45. The largest absolute Gasteiger partial charge is 0.383 e. The quantitative estimate of drug-likeness (QED) is 0.514. The molecule has 2 N–H and O–H groups in total. The van der Waals surface area contributed by atoms with Crippen LogP contribution < -0.4 is 5.32 Å². The third-order valence-corrected chi connectivity index (χ3v) is 6.67. The van der Waals surface area contributed by atoms with Crippen LogP contribution in [-0.2, 0) is 16.8 Å². The van der Waals surface area contributed by atoms with E-state index < -0.39 is 17.2 Å². The number of aromatic nitrogens is 3. The SMILES string of the molecule is Cc1ccnc(NCC(C)(O)c2cnc(C)nc2C2CCN(C(=O)Cc3c(F)cccc3F)CC2)c1. The molecule has 190 valence electrons. The van der Waals surface area contributed by atoms with Crippen molar-refractivity contribution in [1.29, 1.82) is 0 Å². The molecule has 1 aromatic carbocycles. The van der Waals surface area contributed by atoms with Gasteiger partial charge in [0.25, 0.3) is 0 Å². The van der Waals surface area contributed by atoms with Crippen LogP contribution in [0.5, 0.6) is 0 Å². The number of halogens is 2. The second kappa shape index (κ2) is 10.7. The van der Waals surface area contributed by atoms with E-state index in [1.165, 1.54) is 6.07 Å². The number of pyridine rings is 1. The molecule has 36 heavy (non-hydrogen) atoms. The van der Waals surface area contributed by atoms with Gasteiger partial charge in [-0.05, 0) is 63.4 Å². The molecule has 1 aliphatic rings. The fourth-order valence-corrected chi connectivity index (χ4v) is 4.57. The lowest BCUT2D eigenvalue weighted by Gasteiger charge is -2.34. The summed E-state index contributed by atoms with van der Waals surface area (Å²) < 4.78 is 28.0. The Kier molecular flexibility index (Phi) is 7.59. The smallest absolute Gasteiger partial charge is 0.227 e. The summed E-state index contributed by atoms with van der Waals surface area (Å²) in [5, 5.41) is 14.6. The van der Waals surface area contributed by atoms with Gasteiger partial charge in [0.05, 0.1) is 12.1 Å². The molecule has 3 aromatic rings. The number of hydrogen-bond donors (Lipinski definition) is 2. The van der Waals surface area contributed by atoms with Crippen molar-refractivity contribution >= 4 is 11.7 Å². The number of carbonyl (C=O) groups is 1.